The average molecular weight is 293 g/mol. The Morgan fingerprint density at radius 2 is 2.24 bits per heavy atom. The quantitative estimate of drug-likeness (QED) is 0.670. The Bertz CT molecular complexity index is 525. The molecular formula is C14H19N3O4. The van der Waals surface area contributed by atoms with E-state index < -0.39 is 4.92 Å². The number of carbonyl (C=O) groups excluding carboxylic acids is 1. The van der Waals surface area contributed by atoms with Crippen LogP contribution in [0.1, 0.15) is 23.7 Å². The van der Waals surface area contributed by atoms with Crippen LogP contribution in [0.15, 0.2) is 18.2 Å². The number of ether oxygens (including phenoxy) is 1. The molecule has 2 rings (SSSR count). The van der Waals surface area contributed by atoms with Crippen molar-refractivity contribution in [3.63, 3.8) is 0 Å². The highest BCUT2D eigenvalue weighted by Crippen LogP contribution is 2.28. The molecule has 1 aromatic carbocycles. The first-order valence-corrected chi connectivity index (χ1v) is 7.04. The number of benzene rings is 1. The van der Waals surface area contributed by atoms with E-state index in [1.807, 2.05) is 0 Å². The van der Waals surface area contributed by atoms with Gasteiger partial charge in [0.25, 0.3) is 5.91 Å². The SMILES string of the molecule is CCOc1ccc(C(=O)N2CCCNCC2)cc1[N+](=O)[O-]. The van der Waals surface area contributed by atoms with Gasteiger partial charge in [0.15, 0.2) is 5.75 Å². The lowest BCUT2D eigenvalue weighted by Crippen LogP contribution is -2.34. The summed E-state index contributed by atoms with van der Waals surface area (Å²) >= 11 is 0. The molecule has 114 valence electrons. The summed E-state index contributed by atoms with van der Waals surface area (Å²) in [5.41, 5.74) is 0.155. The van der Waals surface area contributed by atoms with Gasteiger partial charge < -0.3 is 15.0 Å². The Balaban J connectivity index is 2.24. The van der Waals surface area contributed by atoms with E-state index in [0.29, 0.717) is 25.3 Å². The van der Waals surface area contributed by atoms with Crippen LogP contribution in [0.4, 0.5) is 5.69 Å². The van der Waals surface area contributed by atoms with Crippen LogP contribution in [0.25, 0.3) is 0 Å². The summed E-state index contributed by atoms with van der Waals surface area (Å²) in [4.78, 5) is 24.7. The predicted molar refractivity (Wildman–Crippen MR) is 77.7 cm³/mol. The molecule has 1 aromatic rings. The van der Waals surface area contributed by atoms with Crippen molar-refractivity contribution in [1.29, 1.82) is 0 Å². The van der Waals surface area contributed by atoms with E-state index in [0.717, 1.165) is 19.5 Å². The standard InChI is InChI=1S/C14H19N3O4/c1-2-21-13-5-4-11(10-12(13)17(19)20)14(18)16-8-3-6-15-7-9-16/h4-5,10,15H,2-3,6-9H2,1H3. The van der Waals surface area contributed by atoms with Gasteiger partial charge in [-0.05, 0) is 32.0 Å². The maximum Gasteiger partial charge on any atom is 0.311 e. The zero-order valence-corrected chi connectivity index (χ0v) is 12.0. The second-order valence-corrected chi connectivity index (χ2v) is 4.77. The van der Waals surface area contributed by atoms with Gasteiger partial charge in [-0.1, -0.05) is 0 Å². The lowest BCUT2D eigenvalue weighted by molar-refractivity contribution is -0.385. The Labute approximate surface area is 123 Å². The topological polar surface area (TPSA) is 84.7 Å². The minimum absolute atomic E-state index is 0.171. The lowest BCUT2D eigenvalue weighted by Gasteiger charge is -2.20. The molecule has 0 bridgehead atoms. The van der Waals surface area contributed by atoms with Crippen LogP contribution in [0.3, 0.4) is 0 Å². The van der Waals surface area contributed by atoms with Crippen LogP contribution >= 0.6 is 0 Å². The van der Waals surface area contributed by atoms with Crippen molar-refractivity contribution in [1.82, 2.24) is 10.2 Å². The molecule has 0 spiro atoms. The average Bonchev–Trinajstić information content (AvgIpc) is 2.76. The Hall–Kier alpha value is -2.15. The summed E-state index contributed by atoms with van der Waals surface area (Å²) in [5, 5.41) is 14.3. The van der Waals surface area contributed by atoms with Crippen molar-refractivity contribution in [2.24, 2.45) is 0 Å². The number of nitro benzene ring substituents is 1. The first-order valence-electron chi connectivity index (χ1n) is 7.04. The van der Waals surface area contributed by atoms with E-state index in [1.165, 1.54) is 12.1 Å². The van der Waals surface area contributed by atoms with Crippen molar-refractivity contribution >= 4 is 11.6 Å². The molecule has 0 radical (unpaired) electrons. The van der Waals surface area contributed by atoms with Crippen molar-refractivity contribution in [2.45, 2.75) is 13.3 Å². The molecule has 7 heteroatoms. The van der Waals surface area contributed by atoms with E-state index in [4.69, 9.17) is 4.74 Å². The summed E-state index contributed by atoms with van der Waals surface area (Å²) in [6.07, 6.45) is 0.880. The molecule has 1 heterocycles. The molecule has 1 fully saturated rings. The van der Waals surface area contributed by atoms with Crippen LogP contribution in [-0.2, 0) is 0 Å². The molecule has 0 aromatic heterocycles. The molecule has 1 N–H and O–H groups in total. The summed E-state index contributed by atoms with van der Waals surface area (Å²) < 4.78 is 5.22. The second kappa shape index (κ2) is 7.03. The number of rotatable bonds is 4. The van der Waals surface area contributed by atoms with Gasteiger partial charge in [0.05, 0.1) is 11.5 Å². The molecule has 1 aliphatic heterocycles. The van der Waals surface area contributed by atoms with Gasteiger partial charge >= 0.3 is 5.69 Å². The minimum Gasteiger partial charge on any atom is -0.487 e. The first-order chi connectivity index (χ1) is 10.1. The monoisotopic (exact) mass is 293 g/mol. The van der Waals surface area contributed by atoms with Gasteiger partial charge in [-0.25, -0.2) is 0 Å². The molecule has 1 amide bonds. The van der Waals surface area contributed by atoms with Crippen molar-refractivity contribution in [3.8, 4) is 5.75 Å². The van der Waals surface area contributed by atoms with Gasteiger partial charge in [0.1, 0.15) is 0 Å². The van der Waals surface area contributed by atoms with Crippen LogP contribution < -0.4 is 10.1 Å². The Kier molecular flexibility index (Phi) is 5.10. The fourth-order valence-electron chi connectivity index (χ4n) is 2.30. The molecule has 1 saturated heterocycles. The van der Waals surface area contributed by atoms with E-state index in [9.17, 15) is 14.9 Å². The van der Waals surface area contributed by atoms with Crippen LogP contribution in [-0.4, -0.2) is 48.5 Å². The Morgan fingerprint density at radius 3 is 2.95 bits per heavy atom. The molecular weight excluding hydrogens is 274 g/mol. The predicted octanol–water partition coefficient (Wildman–Crippen LogP) is 1.43. The van der Waals surface area contributed by atoms with Crippen molar-refractivity contribution in [3.05, 3.63) is 33.9 Å². The van der Waals surface area contributed by atoms with Gasteiger partial charge in [-0.2, -0.15) is 0 Å². The molecule has 21 heavy (non-hydrogen) atoms. The van der Waals surface area contributed by atoms with Crippen LogP contribution in [0, 0.1) is 10.1 Å². The molecule has 1 aliphatic rings. The van der Waals surface area contributed by atoms with Gasteiger partial charge in [-0.3, -0.25) is 14.9 Å². The Morgan fingerprint density at radius 1 is 1.43 bits per heavy atom. The van der Waals surface area contributed by atoms with Gasteiger partial charge in [-0.15, -0.1) is 0 Å². The van der Waals surface area contributed by atoms with E-state index >= 15 is 0 Å². The largest absolute Gasteiger partial charge is 0.487 e. The first kappa shape index (κ1) is 15.2. The number of nitro groups is 1. The third kappa shape index (κ3) is 3.69. The van der Waals surface area contributed by atoms with Crippen molar-refractivity contribution in [2.75, 3.05) is 32.8 Å². The zero-order chi connectivity index (χ0) is 15.2. The third-order valence-electron chi connectivity index (χ3n) is 3.33. The highest BCUT2D eigenvalue weighted by Gasteiger charge is 2.22. The molecule has 0 aliphatic carbocycles. The summed E-state index contributed by atoms with van der Waals surface area (Å²) in [6.45, 7) is 4.99. The fourth-order valence-corrected chi connectivity index (χ4v) is 2.30. The summed E-state index contributed by atoms with van der Waals surface area (Å²) in [6, 6.07) is 4.37. The summed E-state index contributed by atoms with van der Waals surface area (Å²) in [7, 11) is 0. The zero-order valence-electron chi connectivity index (χ0n) is 12.0. The van der Waals surface area contributed by atoms with E-state index in [1.54, 1.807) is 17.9 Å². The normalized spacial score (nSPS) is 15.4. The maximum atomic E-state index is 12.4. The lowest BCUT2D eigenvalue weighted by atomic mass is 10.1. The molecule has 7 nitrogen and oxygen atoms in total. The fraction of sp³-hybridized carbons (Fsp3) is 0.500. The van der Waals surface area contributed by atoms with Crippen LogP contribution in [0.2, 0.25) is 0 Å². The number of amides is 1. The van der Waals surface area contributed by atoms with Crippen molar-refractivity contribution < 1.29 is 14.5 Å². The third-order valence-corrected chi connectivity index (χ3v) is 3.33. The second-order valence-electron chi connectivity index (χ2n) is 4.77. The molecule has 0 atom stereocenters. The number of hydrogen-bond acceptors (Lipinski definition) is 5. The smallest absolute Gasteiger partial charge is 0.311 e. The van der Waals surface area contributed by atoms with E-state index in [-0.39, 0.29) is 17.3 Å². The number of nitrogens with zero attached hydrogens (tertiary/aromatic N) is 2. The van der Waals surface area contributed by atoms with Crippen LogP contribution in [0.5, 0.6) is 5.75 Å². The molecule has 0 saturated carbocycles. The minimum atomic E-state index is -0.522. The molecule has 0 unspecified atom stereocenters. The highest BCUT2D eigenvalue weighted by molar-refractivity contribution is 5.95. The van der Waals surface area contributed by atoms with E-state index in [2.05, 4.69) is 5.32 Å². The summed E-state index contributed by atoms with van der Waals surface area (Å²) in [5.74, 6) is 0.0152. The highest BCUT2D eigenvalue weighted by atomic mass is 16.6. The van der Waals surface area contributed by atoms with Gasteiger partial charge in [0, 0.05) is 31.3 Å². The van der Waals surface area contributed by atoms with Gasteiger partial charge in [0.2, 0.25) is 0 Å². The number of nitrogens with one attached hydrogen (secondary N) is 1. The maximum absolute atomic E-state index is 12.4. The number of hydrogen-bond donors (Lipinski definition) is 1. The number of carbonyl (C=O) groups is 1.